The van der Waals surface area contributed by atoms with Crippen molar-refractivity contribution in [2.75, 3.05) is 13.7 Å². The molecule has 3 N–H and O–H groups in total. The molecule has 6 nitrogen and oxygen atoms in total. The number of carbonyl (C=O) groups is 2. The number of phenols is 2. The maximum Gasteiger partial charge on any atom is 0.325 e. The van der Waals surface area contributed by atoms with Crippen LogP contribution in [0.2, 0.25) is 0 Å². The average Bonchev–Trinajstić information content (AvgIpc) is 2.58. The molecule has 0 heterocycles. The Kier molecular flexibility index (Phi) is 6.31. The van der Waals surface area contributed by atoms with Gasteiger partial charge in [-0.1, -0.05) is 23.8 Å². The molecule has 0 aromatic heterocycles. The normalized spacial score (nSPS) is 19.2. The first-order chi connectivity index (χ1) is 12.7. The van der Waals surface area contributed by atoms with Crippen molar-refractivity contribution < 1.29 is 24.5 Å². The van der Waals surface area contributed by atoms with Crippen molar-refractivity contribution >= 4 is 11.9 Å². The highest BCUT2D eigenvalue weighted by Crippen LogP contribution is 2.47. The van der Waals surface area contributed by atoms with E-state index in [1.807, 2.05) is 19.9 Å². The zero-order valence-corrected chi connectivity index (χ0v) is 16.3. The lowest BCUT2D eigenvalue weighted by atomic mass is 9.73. The van der Waals surface area contributed by atoms with Gasteiger partial charge in [0.05, 0.1) is 12.7 Å². The summed E-state index contributed by atoms with van der Waals surface area (Å²) in [5.74, 6) is -1.73. The Labute approximate surface area is 159 Å². The predicted molar refractivity (Wildman–Crippen MR) is 103 cm³/mol. The van der Waals surface area contributed by atoms with Gasteiger partial charge in [0, 0.05) is 11.5 Å². The first kappa shape index (κ1) is 20.6. The summed E-state index contributed by atoms with van der Waals surface area (Å²) < 4.78 is 4.51. The Bertz CT molecular complexity index is 809. The number of rotatable bonds is 5. The summed E-state index contributed by atoms with van der Waals surface area (Å²) in [5.41, 5.74) is 2.90. The van der Waals surface area contributed by atoms with Crippen LogP contribution in [0, 0.1) is 12.8 Å². The molecule has 1 amide bonds. The first-order valence-corrected chi connectivity index (χ1v) is 8.90. The van der Waals surface area contributed by atoms with E-state index >= 15 is 0 Å². The van der Waals surface area contributed by atoms with Crippen LogP contribution in [0.3, 0.4) is 0 Å². The molecule has 0 saturated carbocycles. The molecule has 0 bridgehead atoms. The monoisotopic (exact) mass is 373 g/mol. The molecular formula is C21H27NO5. The van der Waals surface area contributed by atoms with Gasteiger partial charge < -0.3 is 20.3 Å². The second-order valence-electron chi connectivity index (χ2n) is 7.14. The molecular weight excluding hydrogens is 346 g/mol. The van der Waals surface area contributed by atoms with E-state index in [1.165, 1.54) is 13.2 Å². The number of ether oxygens (including phenoxy) is 1. The van der Waals surface area contributed by atoms with E-state index in [1.54, 1.807) is 6.92 Å². The van der Waals surface area contributed by atoms with Crippen LogP contribution in [0.5, 0.6) is 11.5 Å². The van der Waals surface area contributed by atoms with Gasteiger partial charge in [0.1, 0.15) is 18.0 Å². The second-order valence-corrected chi connectivity index (χ2v) is 7.14. The molecule has 2 atom stereocenters. The summed E-state index contributed by atoms with van der Waals surface area (Å²) >= 11 is 0. The minimum absolute atomic E-state index is 0.0452. The molecule has 0 spiro atoms. The third-order valence-corrected chi connectivity index (χ3v) is 5.08. The number of esters is 1. The van der Waals surface area contributed by atoms with Crippen molar-refractivity contribution in [3.8, 4) is 11.5 Å². The number of phenolic OH excluding ortho intramolecular Hbond substituents is 2. The zero-order valence-electron chi connectivity index (χ0n) is 16.3. The van der Waals surface area contributed by atoms with Gasteiger partial charge in [0.2, 0.25) is 0 Å². The number of hydrogen-bond acceptors (Lipinski definition) is 5. The fraction of sp³-hybridized carbons (Fsp3) is 0.429. The van der Waals surface area contributed by atoms with Gasteiger partial charge in [-0.2, -0.15) is 0 Å². The molecule has 1 aliphatic carbocycles. The standard InChI is InChI=1S/C21H27NO5/c1-11(2)14-7-6-12(3)8-15(14)19-16(23)9-13(4)18(20(19)25)21(26)22-10-17(24)27-5/h8-9,14-15,23,25H,1,6-7,10H2,2-5H3,(H,22,26). The van der Waals surface area contributed by atoms with E-state index in [9.17, 15) is 19.8 Å². The minimum atomic E-state index is -0.597. The number of aromatic hydroxyl groups is 2. The van der Waals surface area contributed by atoms with E-state index in [2.05, 4.69) is 16.6 Å². The summed E-state index contributed by atoms with van der Waals surface area (Å²) in [6.45, 7) is 9.30. The van der Waals surface area contributed by atoms with Crippen LogP contribution >= 0.6 is 0 Å². The lowest BCUT2D eigenvalue weighted by Crippen LogP contribution is -2.31. The quantitative estimate of drug-likeness (QED) is 0.543. The van der Waals surface area contributed by atoms with Gasteiger partial charge in [0.15, 0.2) is 0 Å². The molecule has 0 aliphatic heterocycles. The van der Waals surface area contributed by atoms with E-state index < -0.39 is 11.9 Å². The van der Waals surface area contributed by atoms with Gasteiger partial charge in [-0.05, 0) is 51.2 Å². The summed E-state index contributed by atoms with van der Waals surface area (Å²) in [4.78, 5) is 23.8. The van der Waals surface area contributed by atoms with Crippen molar-refractivity contribution in [3.05, 3.63) is 46.6 Å². The van der Waals surface area contributed by atoms with Gasteiger partial charge in [0.25, 0.3) is 5.91 Å². The number of amides is 1. The molecule has 0 saturated heterocycles. The van der Waals surface area contributed by atoms with E-state index in [-0.39, 0.29) is 35.4 Å². The van der Waals surface area contributed by atoms with Gasteiger partial charge in [-0.3, -0.25) is 9.59 Å². The number of nitrogens with one attached hydrogen (secondary N) is 1. The Balaban J connectivity index is 2.51. The summed E-state index contributed by atoms with van der Waals surface area (Å²) in [7, 11) is 1.23. The summed E-state index contributed by atoms with van der Waals surface area (Å²) in [6.07, 6.45) is 3.80. The van der Waals surface area contributed by atoms with Gasteiger partial charge in [-0.15, -0.1) is 0 Å². The maximum atomic E-state index is 12.5. The highest BCUT2D eigenvalue weighted by molar-refractivity contribution is 6.00. The molecule has 27 heavy (non-hydrogen) atoms. The highest BCUT2D eigenvalue weighted by atomic mass is 16.5. The van der Waals surface area contributed by atoms with Crippen LogP contribution < -0.4 is 5.32 Å². The third-order valence-electron chi connectivity index (χ3n) is 5.08. The number of aryl methyl sites for hydroxylation is 1. The van der Waals surface area contributed by atoms with Crippen LogP contribution in [0.25, 0.3) is 0 Å². The van der Waals surface area contributed by atoms with Gasteiger partial charge in [-0.25, -0.2) is 0 Å². The van der Waals surface area contributed by atoms with E-state index in [0.29, 0.717) is 11.1 Å². The molecule has 6 heteroatoms. The lowest BCUT2D eigenvalue weighted by molar-refractivity contribution is -0.139. The highest BCUT2D eigenvalue weighted by Gasteiger charge is 2.32. The van der Waals surface area contributed by atoms with Crippen molar-refractivity contribution in [1.82, 2.24) is 5.32 Å². The zero-order chi connectivity index (χ0) is 20.3. The smallest absolute Gasteiger partial charge is 0.325 e. The Hall–Kier alpha value is -2.76. The molecule has 1 aromatic rings. The summed E-state index contributed by atoms with van der Waals surface area (Å²) in [5, 5.41) is 23.9. The lowest BCUT2D eigenvalue weighted by Gasteiger charge is -2.32. The van der Waals surface area contributed by atoms with Crippen LogP contribution in [0.15, 0.2) is 29.9 Å². The number of hydrogen-bond donors (Lipinski definition) is 3. The van der Waals surface area contributed by atoms with Crippen molar-refractivity contribution in [2.45, 2.75) is 39.5 Å². The molecule has 2 unspecified atom stereocenters. The molecule has 146 valence electrons. The van der Waals surface area contributed by atoms with Crippen molar-refractivity contribution in [1.29, 1.82) is 0 Å². The van der Waals surface area contributed by atoms with Crippen molar-refractivity contribution in [3.63, 3.8) is 0 Å². The van der Waals surface area contributed by atoms with E-state index in [4.69, 9.17) is 0 Å². The predicted octanol–water partition coefficient (Wildman–Crippen LogP) is 3.33. The van der Waals surface area contributed by atoms with E-state index in [0.717, 1.165) is 24.0 Å². The molecule has 1 aromatic carbocycles. The molecule has 0 radical (unpaired) electrons. The second kappa shape index (κ2) is 8.29. The van der Waals surface area contributed by atoms with Crippen LogP contribution in [-0.4, -0.2) is 35.7 Å². The first-order valence-electron chi connectivity index (χ1n) is 8.90. The molecule has 0 fully saturated rings. The fourth-order valence-corrected chi connectivity index (χ4v) is 3.63. The number of carbonyl (C=O) groups excluding carboxylic acids is 2. The SMILES string of the molecule is C=C(C)C1CCC(C)=CC1c1c(O)cc(C)c(C(=O)NCC(=O)OC)c1O. The summed E-state index contributed by atoms with van der Waals surface area (Å²) in [6, 6.07) is 1.47. The number of methoxy groups -OCH3 is 1. The topological polar surface area (TPSA) is 95.9 Å². The number of benzene rings is 1. The van der Waals surface area contributed by atoms with Crippen molar-refractivity contribution in [2.24, 2.45) is 5.92 Å². The Morgan fingerprint density at radius 3 is 2.59 bits per heavy atom. The van der Waals surface area contributed by atoms with Crippen LogP contribution in [0.4, 0.5) is 0 Å². The fourth-order valence-electron chi connectivity index (χ4n) is 3.63. The molecule has 1 aliphatic rings. The third kappa shape index (κ3) is 4.32. The average molecular weight is 373 g/mol. The van der Waals surface area contributed by atoms with Crippen LogP contribution in [0.1, 0.15) is 54.1 Å². The Morgan fingerprint density at radius 2 is 2.00 bits per heavy atom. The minimum Gasteiger partial charge on any atom is -0.507 e. The number of allylic oxidation sites excluding steroid dienone is 3. The van der Waals surface area contributed by atoms with Crippen LogP contribution in [-0.2, 0) is 9.53 Å². The van der Waals surface area contributed by atoms with Gasteiger partial charge >= 0.3 is 5.97 Å². The maximum absolute atomic E-state index is 12.5. The largest absolute Gasteiger partial charge is 0.507 e. The molecule has 2 rings (SSSR count). The Morgan fingerprint density at radius 1 is 1.33 bits per heavy atom.